The number of Topliss-reactive ketones (excluding diaryl/α,β-unsaturated/α-hetero) is 1. The molecule has 0 spiro atoms. The average Bonchev–Trinajstić information content (AvgIpc) is 1.20. The minimum atomic E-state index is -1.07. The number of halogens is 2. The summed E-state index contributed by atoms with van der Waals surface area (Å²) >= 11 is 6.74. The Labute approximate surface area is 861 Å². The first-order valence-electron chi connectivity index (χ1n) is 44.1. The number of carbonyl (C=O) groups excluding carboxylic acids is 7. The molecular weight excluding hydrogens is 1980 g/mol. The van der Waals surface area contributed by atoms with Crippen molar-refractivity contribution in [3.63, 3.8) is 0 Å². The standard InChI is InChI=1S/2C21H25NO3.C21H23NO3.C20H24N2O4.C18H19NO4.C4H8O.CH4.I2.2K.H2/c3*1-16(2)20(23)19(14-13-17-9-5-3-6-10-17)22-21(24)25-15-18-11-7-4-8-12-18;1-22(25-2)19(23)18(14-13-16-9-5-3-6-10-16)21-20(24)26-15-17-11-7-4-8-12-17;20-17(21)16(12-11-14-7-3-1-4-8-14)19-18(22)23-13-15-9-5-2-6-10-15;1-2-4-5-3-1;;1-2;;;/h2*3-12,19-20,23H,1,13-15H2,2H3,(H,22,24);3-12,19H,1,13-15H2,2H3,(H,22,24);3-12,18H,13-15H2,1-2H3,(H,21,24);1-10,16H,11-13H2,(H,19,22)(H,20,21);1-4H2;1H4;;;;1H/t19-,20+;19-,20-;19-;18-;16-;;;;;;/m00000....../s1. The average molecular weight is 2110 g/mol. The van der Waals surface area contributed by atoms with E-state index in [4.69, 9.17) is 33.3 Å². The third-order valence-corrected chi connectivity index (χ3v) is 19.9. The molecule has 0 unspecified atom stereocenters. The second-order valence-corrected chi connectivity index (χ2v) is 30.4. The molecule has 0 aliphatic carbocycles. The Kier molecular flexibility index (Phi) is 65.9. The summed E-state index contributed by atoms with van der Waals surface area (Å²) in [5.74, 6) is -1.58. The monoisotopic (exact) mass is 2110 g/mol. The third-order valence-electron chi connectivity index (χ3n) is 19.9. The number of ketones is 1. The van der Waals surface area contributed by atoms with Gasteiger partial charge in [0.1, 0.15) is 45.1 Å². The molecular formula is C106H130I2K2N6O18. The zero-order valence-electron chi connectivity index (χ0n) is 77.1. The second kappa shape index (κ2) is 74.2. The van der Waals surface area contributed by atoms with E-state index in [0.717, 1.165) is 86.8 Å². The number of aliphatic hydroxyl groups is 2. The number of hydroxylamine groups is 2. The van der Waals surface area contributed by atoms with Crippen molar-refractivity contribution >= 4 is 149 Å². The van der Waals surface area contributed by atoms with Gasteiger partial charge in [0.15, 0.2) is 5.78 Å². The molecule has 708 valence electrons. The Balaban J connectivity index is 0.000000555. The molecule has 8 N–H and O–H groups in total. The maximum atomic E-state index is 12.4. The van der Waals surface area contributed by atoms with Crippen LogP contribution in [0.25, 0.3) is 0 Å². The number of rotatable bonds is 39. The molecule has 11 rings (SSSR count). The van der Waals surface area contributed by atoms with Crippen molar-refractivity contribution in [3.05, 3.63) is 395 Å². The molecule has 10 aromatic rings. The number of aliphatic hydroxyl groups excluding tert-OH is 2. The van der Waals surface area contributed by atoms with Crippen molar-refractivity contribution in [2.75, 3.05) is 27.4 Å². The van der Waals surface area contributed by atoms with Crippen molar-refractivity contribution in [1.82, 2.24) is 31.6 Å². The van der Waals surface area contributed by atoms with Gasteiger partial charge in [0.25, 0.3) is 5.91 Å². The van der Waals surface area contributed by atoms with Crippen molar-refractivity contribution < 1.29 is 88.4 Å². The SMILES string of the molecule is C.C1CCOC1.C=C(C)C(=O)[C@H](CCc1ccccc1)NC(=O)OCc1ccccc1.C=C(C)[C@@H](O)[C@H](CCc1ccccc1)NC(=O)OCc1ccccc1.C=C(C)[C@H](O)[C@H](CCc1ccccc1)NC(=O)OCc1ccccc1.CON(C)C(=O)[C@H](CCc1ccccc1)NC(=O)OCc1ccccc1.II.O=C(N[C@@H](CCc1ccccc1)C(=O)O)OCc1ccccc1.[HH].[K][K]. The number of aliphatic carboxylic acids is 1. The first-order valence-corrected chi connectivity index (χ1v) is 66.4. The summed E-state index contributed by atoms with van der Waals surface area (Å²) in [4.78, 5) is 101. The Bertz CT molecular complexity index is 4790. The molecule has 10 aromatic carbocycles. The molecule has 1 heterocycles. The molecule has 0 radical (unpaired) electrons. The molecule has 134 heavy (non-hydrogen) atoms. The van der Waals surface area contributed by atoms with E-state index in [1.807, 2.05) is 303 Å². The maximum absolute atomic E-state index is 12.4. The van der Waals surface area contributed by atoms with Gasteiger partial charge in [-0.3, -0.25) is 14.4 Å². The van der Waals surface area contributed by atoms with E-state index in [1.165, 1.54) is 90.2 Å². The van der Waals surface area contributed by atoms with Gasteiger partial charge < -0.3 is 70.3 Å². The normalized spacial score (nSPS) is 12.1. The fraction of sp³-hybridized carbons (Fsp3) is 0.302. The summed E-state index contributed by atoms with van der Waals surface area (Å²) in [6.07, 6.45) is 3.71. The van der Waals surface area contributed by atoms with Crippen LogP contribution in [-0.2, 0) is 113 Å². The van der Waals surface area contributed by atoms with Crippen LogP contribution in [0, 0.1) is 0 Å². The molecule has 6 amide bonds. The van der Waals surface area contributed by atoms with Gasteiger partial charge >= 0.3 is 99.6 Å². The number of hydrogen-bond donors (Lipinski definition) is 8. The summed E-state index contributed by atoms with van der Waals surface area (Å²) in [7, 11) is 2.91. The molecule has 1 saturated heterocycles. The van der Waals surface area contributed by atoms with Crippen molar-refractivity contribution in [2.45, 2.75) is 181 Å². The zero-order valence-corrected chi connectivity index (χ0v) is 87.7. The summed E-state index contributed by atoms with van der Waals surface area (Å²) in [6, 6.07) is 92.8. The van der Waals surface area contributed by atoms with E-state index in [-0.39, 0.29) is 53.6 Å². The van der Waals surface area contributed by atoms with Gasteiger partial charge in [-0.1, -0.05) is 342 Å². The molecule has 28 heteroatoms. The summed E-state index contributed by atoms with van der Waals surface area (Å²) in [5, 5.41) is 44.2. The molecule has 7 atom stereocenters. The second-order valence-electron chi connectivity index (χ2n) is 30.4. The van der Waals surface area contributed by atoms with Gasteiger partial charge in [0, 0.05) is 58.9 Å². The number of hydrogen-bond acceptors (Lipinski definition) is 17. The van der Waals surface area contributed by atoms with Crippen LogP contribution in [0.1, 0.15) is 130 Å². The van der Waals surface area contributed by atoms with E-state index < -0.39 is 78.9 Å². The quantitative estimate of drug-likeness (QED) is 0.00443. The fourth-order valence-corrected chi connectivity index (χ4v) is 12.6. The number of carboxylic acids is 1. The summed E-state index contributed by atoms with van der Waals surface area (Å²) in [5.41, 5.74) is 11.6. The Hall–Kier alpha value is -9.05. The van der Waals surface area contributed by atoms with Crippen LogP contribution in [0.2, 0.25) is 0 Å². The number of likely N-dealkylation sites (N-methyl/N-ethyl adjacent to an activating group) is 1. The van der Waals surface area contributed by atoms with Crippen molar-refractivity contribution in [2.24, 2.45) is 0 Å². The van der Waals surface area contributed by atoms with Crippen LogP contribution < -0.4 is 26.6 Å². The van der Waals surface area contributed by atoms with Gasteiger partial charge in [-0.15, -0.1) is 0 Å². The topological polar surface area (TPSA) is 325 Å². The Morgan fingerprint density at radius 2 is 0.575 bits per heavy atom. The van der Waals surface area contributed by atoms with Crippen LogP contribution in [0.15, 0.2) is 340 Å². The van der Waals surface area contributed by atoms with Gasteiger partial charge in [0.05, 0.1) is 37.4 Å². The van der Waals surface area contributed by atoms with Crippen LogP contribution >= 0.6 is 37.2 Å². The zero-order chi connectivity index (χ0) is 97.0. The van der Waals surface area contributed by atoms with Crippen LogP contribution in [0.5, 0.6) is 0 Å². The van der Waals surface area contributed by atoms with E-state index in [9.17, 15) is 53.7 Å². The van der Waals surface area contributed by atoms with Crippen LogP contribution in [0.4, 0.5) is 24.0 Å². The number of nitrogens with zero attached hydrogens (tertiary/aromatic N) is 1. The van der Waals surface area contributed by atoms with E-state index in [1.54, 1.807) is 20.8 Å². The number of ether oxygens (including phenoxy) is 6. The minimum absolute atomic E-state index is 0. The predicted octanol–water partition coefficient (Wildman–Crippen LogP) is 20.4. The number of carbonyl (C=O) groups is 8. The predicted molar refractivity (Wildman–Crippen MR) is 549 cm³/mol. The first-order chi connectivity index (χ1) is 64.4. The number of benzene rings is 10. The molecule has 1 aliphatic rings. The first kappa shape index (κ1) is 119. The summed E-state index contributed by atoms with van der Waals surface area (Å²) in [6.45, 7) is 19.2. The Morgan fingerprint density at radius 1 is 0.366 bits per heavy atom. The summed E-state index contributed by atoms with van der Waals surface area (Å²) < 4.78 is 30.9. The van der Waals surface area contributed by atoms with Crippen molar-refractivity contribution in [3.8, 4) is 0 Å². The molecule has 0 bridgehead atoms. The van der Waals surface area contributed by atoms with Crippen molar-refractivity contribution in [1.29, 1.82) is 0 Å². The van der Waals surface area contributed by atoms with Gasteiger partial charge in [-0.2, -0.15) is 0 Å². The number of aryl methyl sites for hydroxylation is 5. The molecule has 0 saturated carbocycles. The molecule has 0 aromatic heterocycles. The van der Waals surface area contributed by atoms with Gasteiger partial charge in [-0.05, 0) is 159 Å². The molecule has 1 fully saturated rings. The Morgan fingerprint density at radius 3 is 0.791 bits per heavy atom. The molecule has 24 nitrogen and oxygen atoms in total. The van der Waals surface area contributed by atoms with E-state index in [0.29, 0.717) is 68.1 Å². The number of carboxylic acid groups (broad SMARTS) is 1. The van der Waals surface area contributed by atoms with Gasteiger partial charge in [0.2, 0.25) is 0 Å². The molecule has 1 aliphatic heterocycles. The van der Waals surface area contributed by atoms with Crippen LogP contribution in [0.3, 0.4) is 0 Å². The van der Waals surface area contributed by atoms with Gasteiger partial charge in [-0.25, -0.2) is 33.8 Å². The van der Waals surface area contributed by atoms with Crippen LogP contribution in [-0.4, -0.2) is 201 Å². The fourth-order valence-electron chi connectivity index (χ4n) is 12.6. The number of nitrogens with one attached hydrogen (secondary N) is 5. The number of alkyl carbamates (subject to hydrolysis) is 5. The van der Waals surface area contributed by atoms with E-state index >= 15 is 0 Å². The number of amides is 6. The third kappa shape index (κ3) is 54.0. The van der Waals surface area contributed by atoms with E-state index in [2.05, 4.69) is 83.6 Å².